The van der Waals surface area contributed by atoms with Crippen LogP contribution in [0, 0.1) is 11.8 Å². The SMILES string of the molecule is CC(C)NC(C)/C=C/C(C)C(=O)C(C)C. The highest BCUT2D eigenvalue weighted by Gasteiger charge is 2.13. The molecule has 88 valence electrons. The summed E-state index contributed by atoms with van der Waals surface area (Å²) in [5.74, 6) is 0.461. The lowest BCUT2D eigenvalue weighted by Crippen LogP contribution is -2.31. The van der Waals surface area contributed by atoms with Crippen LogP contribution in [0.15, 0.2) is 12.2 Å². The molecule has 0 aromatic heterocycles. The molecule has 0 aromatic rings. The Bertz CT molecular complexity index is 219. The minimum Gasteiger partial charge on any atom is -0.309 e. The number of carbonyl (C=O) groups excluding carboxylic acids is 1. The first-order chi connectivity index (χ1) is 6.84. The topological polar surface area (TPSA) is 29.1 Å². The Morgan fingerprint density at radius 1 is 1.00 bits per heavy atom. The fourth-order valence-corrected chi connectivity index (χ4v) is 1.54. The summed E-state index contributed by atoms with van der Waals surface area (Å²) >= 11 is 0. The highest BCUT2D eigenvalue weighted by atomic mass is 16.1. The summed E-state index contributed by atoms with van der Waals surface area (Å²) in [5.41, 5.74) is 0. The van der Waals surface area contributed by atoms with Crippen molar-refractivity contribution < 1.29 is 4.79 Å². The van der Waals surface area contributed by atoms with Gasteiger partial charge in [0.1, 0.15) is 5.78 Å². The minimum atomic E-state index is 0.0291. The van der Waals surface area contributed by atoms with Crippen molar-refractivity contribution in [2.24, 2.45) is 11.8 Å². The van der Waals surface area contributed by atoms with E-state index in [1.54, 1.807) is 0 Å². The van der Waals surface area contributed by atoms with Crippen LogP contribution in [-0.4, -0.2) is 17.9 Å². The molecule has 0 radical (unpaired) electrons. The van der Waals surface area contributed by atoms with Gasteiger partial charge in [0.25, 0.3) is 0 Å². The quantitative estimate of drug-likeness (QED) is 0.684. The van der Waals surface area contributed by atoms with Crippen LogP contribution >= 0.6 is 0 Å². The largest absolute Gasteiger partial charge is 0.309 e. The molecular weight excluding hydrogens is 186 g/mol. The molecular formula is C13H25NO. The molecule has 0 aromatic carbocycles. The fourth-order valence-electron chi connectivity index (χ4n) is 1.54. The maximum Gasteiger partial charge on any atom is 0.141 e. The standard InChI is InChI=1S/C13H25NO/c1-9(2)13(15)11(5)7-8-12(6)14-10(3)4/h7-12,14H,1-6H3/b8-7+. The smallest absolute Gasteiger partial charge is 0.141 e. The van der Waals surface area contributed by atoms with Crippen molar-refractivity contribution in [3.8, 4) is 0 Å². The van der Waals surface area contributed by atoms with E-state index in [4.69, 9.17) is 0 Å². The van der Waals surface area contributed by atoms with E-state index in [1.807, 2.05) is 26.8 Å². The molecule has 2 unspecified atom stereocenters. The summed E-state index contributed by atoms with van der Waals surface area (Å²) in [6.07, 6.45) is 4.08. The van der Waals surface area contributed by atoms with E-state index < -0.39 is 0 Å². The molecule has 0 rings (SSSR count). The molecule has 1 N–H and O–H groups in total. The third kappa shape index (κ3) is 6.45. The first-order valence-corrected chi connectivity index (χ1v) is 5.82. The molecule has 0 spiro atoms. The lowest BCUT2D eigenvalue weighted by atomic mass is 9.96. The van der Waals surface area contributed by atoms with Crippen LogP contribution in [0.1, 0.15) is 41.5 Å². The lowest BCUT2D eigenvalue weighted by Gasteiger charge is -2.14. The van der Waals surface area contributed by atoms with E-state index in [-0.39, 0.29) is 11.8 Å². The molecule has 0 heterocycles. The average molecular weight is 211 g/mol. The van der Waals surface area contributed by atoms with Crippen LogP contribution in [0.25, 0.3) is 0 Å². The number of carbonyl (C=O) groups is 1. The van der Waals surface area contributed by atoms with Crippen LogP contribution < -0.4 is 5.32 Å². The van der Waals surface area contributed by atoms with E-state index in [1.165, 1.54) is 0 Å². The summed E-state index contributed by atoms with van der Waals surface area (Å²) in [6.45, 7) is 12.2. The zero-order valence-electron chi connectivity index (χ0n) is 10.9. The second kappa shape index (κ2) is 6.78. The van der Waals surface area contributed by atoms with Gasteiger partial charge in [-0.25, -0.2) is 0 Å². The predicted molar refractivity (Wildman–Crippen MR) is 65.9 cm³/mol. The summed E-state index contributed by atoms with van der Waals surface area (Å²) < 4.78 is 0. The highest BCUT2D eigenvalue weighted by Crippen LogP contribution is 2.08. The highest BCUT2D eigenvalue weighted by molar-refractivity contribution is 5.83. The Morgan fingerprint density at radius 3 is 1.93 bits per heavy atom. The van der Waals surface area contributed by atoms with E-state index in [0.29, 0.717) is 17.9 Å². The molecule has 0 amide bonds. The van der Waals surface area contributed by atoms with Gasteiger partial charge in [0.05, 0.1) is 0 Å². The van der Waals surface area contributed by atoms with Crippen LogP contribution in [0.3, 0.4) is 0 Å². The van der Waals surface area contributed by atoms with Gasteiger partial charge in [-0.2, -0.15) is 0 Å². The number of rotatable bonds is 6. The number of nitrogens with one attached hydrogen (secondary N) is 1. The first kappa shape index (κ1) is 14.4. The van der Waals surface area contributed by atoms with Gasteiger partial charge in [0.2, 0.25) is 0 Å². The van der Waals surface area contributed by atoms with Crippen molar-refractivity contribution >= 4 is 5.78 Å². The average Bonchev–Trinajstić information content (AvgIpc) is 2.11. The van der Waals surface area contributed by atoms with E-state index in [2.05, 4.69) is 32.2 Å². The molecule has 0 aliphatic rings. The van der Waals surface area contributed by atoms with Crippen LogP contribution in [-0.2, 0) is 4.79 Å². The van der Waals surface area contributed by atoms with Crippen molar-refractivity contribution in [3.63, 3.8) is 0 Å². The molecule has 15 heavy (non-hydrogen) atoms. The summed E-state index contributed by atoms with van der Waals surface area (Å²) in [4.78, 5) is 11.6. The van der Waals surface area contributed by atoms with Gasteiger partial charge >= 0.3 is 0 Å². The monoisotopic (exact) mass is 211 g/mol. The summed E-state index contributed by atoms with van der Waals surface area (Å²) in [5, 5.41) is 3.37. The maximum absolute atomic E-state index is 11.6. The Balaban J connectivity index is 4.10. The van der Waals surface area contributed by atoms with Gasteiger partial charge in [-0.1, -0.05) is 46.8 Å². The Labute approximate surface area is 94.1 Å². The minimum absolute atomic E-state index is 0.0291. The van der Waals surface area contributed by atoms with E-state index >= 15 is 0 Å². The van der Waals surface area contributed by atoms with Crippen LogP contribution in [0.4, 0.5) is 0 Å². The van der Waals surface area contributed by atoms with Gasteiger partial charge in [-0.15, -0.1) is 0 Å². The number of allylic oxidation sites excluding steroid dienone is 1. The number of Topliss-reactive ketones (excluding diaryl/α,β-unsaturated/α-hetero) is 1. The van der Waals surface area contributed by atoms with Gasteiger partial charge in [-0.05, 0) is 6.92 Å². The van der Waals surface area contributed by atoms with Gasteiger partial charge in [-0.3, -0.25) is 4.79 Å². The van der Waals surface area contributed by atoms with Gasteiger partial charge in [0, 0.05) is 23.9 Å². The van der Waals surface area contributed by atoms with Crippen molar-refractivity contribution in [2.45, 2.75) is 53.6 Å². The molecule has 0 bridgehead atoms. The Kier molecular flexibility index (Phi) is 6.50. The second-order valence-corrected chi connectivity index (χ2v) is 4.84. The first-order valence-electron chi connectivity index (χ1n) is 5.82. The molecule has 0 aliphatic heterocycles. The second-order valence-electron chi connectivity index (χ2n) is 4.84. The summed E-state index contributed by atoms with van der Waals surface area (Å²) in [6, 6.07) is 0.799. The number of hydrogen-bond acceptors (Lipinski definition) is 2. The third-order valence-electron chi connectivity index (χ3n) is 2.30. The molecule has 2 heteroatoms. The van der Waals surface area contributed by atoms with Crippen molar-refractivity contribution in [1.82, 2.24) is 5.32 Å². The van der Waals surface area contributed by atoms with Gasteiger partial charge in [0.15, 0.2) is 0 Å². The zero-order chi connectivity index (χ0) is 12.0. The predicted octanol–water partition coefficient (Wildman–Crippen LogP) is 2.79. The maximum atomic E-state index is 11.6. The Morgan fingerprint density at radius 2 is 1.53 bits per heavy atom. The molecule has 0 saturated heterocycles. The van der Waals surface area contributed by atoms with Crippen molar-refractivity contribution in [1.29, 1.82) is 0 Å². The van der Waals surface area contributed by atoms with Crippen LogP contribution in [0.5, 0.6) is 0 Å². The Hall–Kier alpha value is -0.630. The summed E-state index contributed by atoms with van der Waals surface area (Å²) in [7, 11) is 0. The zero-order valence-corrected chi connectivity index (χ0v) is 10.9. The van der Waals surface area contributed by atoms with Gasteiger partial charge < -0.3 is 5.32 Å². The number of hydrogen-bond donors (Lipinski definition) is 1. The third-order valence-corrected chi connectivity index (χ3v) is 2.30. The molecule has 0 aliphatic carbocycles. The lowest BCUT2D eigenvalue weighted by molar-refractivity contribution is -0.123. The molecule has 2 nitrogen and oxygen atoms in total. The van der Waals surface area contributed by atoms with E-state index in [9.17, 15) is 4.79 Å². The molecule has 2 atom stereocenters. The normalized spacial score (nSPS) is 16.3. The molecule has 0 fully saturated rings. The van der Waals surface area contributed by atoms with E-state index in [0.717, 1.165) is 0 Å². The number of ketones is 1. The van der Waals surface area contributed by atoms with Crippen LogP contribution in [0.2, 0.25) is 0 Å². The van der Waals surface area contributed by atoms with Crippen molar-refractivity contribution in [2.75, 3.05) is 0 Å². The fraction of sp³-hybridized carbons (Fsp3) is 0.769. The van der Waals surface area contributed by atoms with Crippen molar-refractivity contribution in [3.05, 3.63) is 12.2 Å². The molecule has 0 saturated carbocycles.